The Bertz CT molecular complexity index is 347. The number of nitrogens with zero attached hydrogens (tertiary/aromatic N) is 3. The van der Waals surface area contributed by atoms with Crippen molar-refractivity contribution in [3.8, 4) is 0 Å². The van der Waals surface area contributed by atoms with Crippen LogP contribution in [0.5, 0.6) is 0 Å². The molecule has 0 aliphatic carbocycles. The zero-order valence-corrected chi connectivity index (χ0v) is 6.48. The predicted octanol–water partition coefficient (Wildman–Crippen LogP) is 0.532. The predicted molar refractivity (Wildman–Crippen MR) is 37.8 cm³/mol. The Morgan fingerprint density at radius 2 is 2.25 bits per heavy atom. The maximum Gasteiger partial charge on any atom is 0.328 e. The second kappa shape index (κ2) is 4.34. The van der Waals surface area contributed by atoms with Crippen LogP contribution in [0.1, 0.15) is 0 Å². The van der Waals surface area contributed by atoms with Gasteiger partial charge in [0.15, 0.2) is 0 Å². The Hall–Kier alpha value is -1.57. The lowest BCUT2D eigenvalue weighted by Crippen LogP contribution is -1.99. The van der Waals surface area contributed by atoms with Gasteiger partial charge in [0.1, 0.15) is 0 Å². The maximum atomic E-state index is 10.2. The molecule has 1 rings (SSSR count). The van der Waals surface area contributed by atoms with Crippen LogP contribution in [0, 0.1) is 5.53 Å². The number of H-pyrrole nitrogens is 1. The molecular formula is C3H5N5O3S. The number of nitrogens with one attached hydrogen (secondary N) is 2. The summed E-state index contributed by atoms with van der Waals surface area (Å²) in [5, 5.41) is -0.428. The normalized spacial score (nSPS) is 9.42. The molecule has 0 fully saturated rings. The molecule has 0 aliphatic heterocycles. The van der Waals surface area contributed by atoms with E-state index in [0.29, 0.717) is 0 Å². The molecule has 0 aliphatic rings. The lowest BCUT2D eigenvalue weighted by Gasteiger charge is -1.84. The highest BCUT2D eigenvalue weighted by molar-refractivity contribution is 7.85. The molecule has 1 aromatic heterocycles. The van der Waals surface area contributed by atoms with Crippen molar-refractivity contribution in [2.24, 2.45) is 0 Å². The van der Waals surface area contributed by atoms with Crippen LogP contribution in [0.25, 0.3) is 10.4 Å². The Kier molecular flexibility index (Phi) is 3.77. The van der Waals surface area contributed by atoms with Gasteiger partial charge >= 0.3 is 10.1 Å². The van der Waals surface area contributed by atoms with Gasteiger partial charge in [-0.05, 0) is 10.4 Å². The van der Waals surface area contributed by atoms with Gasteiger partial charge in [0, 0.05) is 12.4 Å². The summed E-state index contributed by atoms with van der Waals surface area (Å²) in [6.07, 6.45) is 2.55. The summed E-state index contributed by atoms with van der Waals surface area (Å²) in [5.41, 5.74) is 12.2. The minimum absolute atomic E-state index is 0.428. The monoisotopic (exact) mass is 191 g/mol. The zero-order valence-electron chi connectivity index (χ0n) is 5.67. The summed E-state index contributed by atoms with van der Waals surface area (Å²) in [6.45, 7) is 0. The lowest BCUT2D eigenvalue weighted by molar-refractivity contribution is 0.475. The first-order chi connectivity index (χ1) is 5.52. The van der Waals surface area contributed by atoms with Crippen LogP contribution in [0.2, 0.25) is 0 Å². The third-order valence-electron chi connectivity index (χ3n) is 0.717. The topological polar surface area (TPSA) is 143 Å². The van der Waals surface area contributed by atoms with E-state index in [4.69, 9.17) is 15.6 Å². The van der Waals surface area contributed by atoms with Crippen molar-refractivity contribution in [2.45, 2.75) is 5.16 Å². The summed E-state index contributed by atoms with van der Waals surface area (Å²) < 4.78 is 28.6. The van der Waals surface area contributed by atoms with E-state index < -0.39 is 15.3 Å². The van der Waals surface area contributed by atoms with Gasteiger partial charge in [0.05, 0.1) is 0 Å². The molecule has 1 heterocycles. The first kappa shape index (κ1) is 10.4. The van der Waals surface area contributed by atoms with E-state index in [-0.39, 0.29) is 0 Å². The highest BCUT2D eigenvalue weighted by Crippen LogP contribution is 1.96. The fraction of sp³-hybridized carbons (Fsp3) is 0. The largest absolute Gasteiger partial charge is 0.334 e. The summed E-state index contributed by atoms with van der Waals surface area (Å²) in [7, 11) is -4.13. The molecule has 8 nitrogen and oxygen atoms in total. The average Bonchev–Trinajstić information content (AvgIpc) is 2.36. The van der Waals surface area contributed by atoms with E-state index in [1.165, 1.54) is 12.4 Å². The second-order valence-corrected chi connectivity index (χ2v) is 2.81. The molecule has 12 heavy (non-hydrogen) atoms. The number of hydrogen-bond acceptors (Lipinski definition) is 4. The Balaban J connectivity index is 0.000000354. The van der Waals surface area contributed by atoms with Crippen molar-refractivity contribution < 1.29 is 13.0 Å². The number of aromatic amines is 1. The van der Waals surface area contributed by atoms with Gasteiger partial charge in [-0.1, -0.05) is 0 Å². The van der Waals surface area contributed by atoms with E-state index in [2.05, 4.69) is 9.97 Å². The molecule has 0 spiro atoms. The number of hydrogen-bond donors (Lipinski definition) is 3. The second-order valence-electron chi connectivity index (χ2n) is 1.47. The third kappa shape index (κ3) is 3.56. The van der Waals surface area contributed by atoms with Crippen LogP contribution in [0.4, 0.5) is 0 Å². The molecule has 0 bridgehead atoms. The molecule has 0 amide bonds. The number of imidazole rings is 1. The Labute approximate surface area is 67.4 Å². The van der Waals surface area contributed by atoms with Gasteiger partial charge in [0.2, 0.25) is 0 Å². The van der Waals surface area contributed by atoms with E-state index >= 15 is 0 Å². The number of rotatable bonds is 1. The van der Waals surface area contributed by atoms with Crippen molar-refractivity contribution in [2.75, 3.05) is 0 Å². The van der Waals surface area contributed by atoms with E-state index in [9.17, 15) is 8.42 Å². The van der Waals surface area contributed by atoms with Crippen LogP contribution in [0.3, 0.4) is 0 Å². The molecule has 0 radical (unpaired) electrons. The average molecular weight is 191 g/mol. The number of aromatic nitrogens is 2. The molecule has 0 atom stereocenters. The molecule has 0 saturated carbocycles. The zero-order chi connectivity index (χ0) is 9.61. The fourth-order valence-electron chi connectivity index (χ4n) is 0.392. The van der Waals surface area contributed by atoms with Crippen molar-refractivity contribution >= 4 is 10.1 Å². The molecule has 0 saturated heterocycles. The smallest absolute Gasteiger partial charge is 0.328 e. The minimum Gasteiger partial charge on any atom is -0.334 e. The van der Waals surface area contributed by atoms with Crippen LogP contribution >= 0.6 is 0 Å². The van der Waals surface area contributed by atoms with Gasteiger partial charge in [-0.3, -0.25) is 4.55 Å². The van der Waals surface area contributed by atoms with Crippen LogP contribution in [-0.2, 0) is 10.1 Å². The van der Waals surface area contributed by atoms with Gasteiger partial charge in [-0.25, -0.2) is 4.98 Å². The maximum absolute atomic E-state index is 10.2. The standard InChI is InChI=1S/C3H4N2O3S.HN3/c6-9(7,8)3-4-1-2-5-3;1-3-2/h1-2H,(H,4,5)(H,6,7,8);1H. The van der Waals surface area contributed by atoms with Crippen LogP contribution < -0.4 is 0 Å². The molecule has 9 heteroatoms. The molecule has 3 N–H and O–H groups in total. The van der Waals surface area contributed by atoms with Gasteiger partial charge in [-0.15, -0.1) is 5.53 Å². The van der Waals surface area contributed by atoms with E-state index in [1.54, 1.807) is 4.91 Å². The highest BCUT2D eigenvalue weighted by Gasteiger charge is 2.09. The highest BCUT2D eigenvalue weighted by atomic mass is 32.2. The van der Waals surface area contributed by atoms with E-state index in [0.717, 1.165) is 0 Å². The Morgan fingerprint density at radius 3 is 2.42 bits per heavy atom. The molecule has 0 unspecified atom stereocenters. The van der Waals surface area contributed by atoms with Gasteiger partial charge < -0.3 is 4.98 Å². The fourth-order valence-corrected chi connectivity index (χ4v) is 0.803. The summed E-state index contributed by atoms with van der Waals surface area (Å²) in [6, 6.07) is 0. The van der Waals surface area contributed by atoms with Crippen molar-refractivity contribution in [1.82, 2.24) is 9.97 Å². The molecule has 0 aromatic carbocycles. The summed E-state index contributed by atoms with van der Waals surface area (Å²) >= 11 is 0. The molecule has 66 valence electrons. The summed E-state index contributed by atoms with van der Waals surface area (Å²) in [4.78, 5) is 7.27. The lowest BCUT2D eigenvalue weighted by atomic mass is 11.0. The van der Waals surface area contributed by atoms with Crippen molar-refractivity contribution in [1.29, 1.82) is 5.53 Å². The Morgan fingerprint density at radius 1 is 1.75 bits per heavy atom. The summed E-state index contributed by atoms with van der Waals surface area (Å²) in [5.74, 6) is 0. The van der Waals surface area contributed by atoms with Crippen LogP contribution in [-0.4, -0.2) is 22.9 Å². The quantitative estimate of drug-likeness (QED) is 0.257. The molecule has 1 aromatic rings. The first-order valence-electron chi connectivity index (χ1n) is 2.50. The van der Waals surface area contributed by atoms with Crippen LogP contribution in [0.15, 0.2) is 17.6 Å². The van der Waals surface area contributed by atoms with Gasteiger partial charge in [-0.2, -0.15) is 8.42 Å². The van der Waals surface area contributed by atoms with E-state index in [1.807, 2.05) is 0 Å². The van der Waals surface area contributed by atoms with Crippen molar-refractivity contribution in [3.63, 3.8) is 0 Å². The molecular weight excluding hydrogens is 186 g/mol. The minimum atomic E-state index is -4.13. The van der Waals surface area contributed by atoms with Gasteiger partial charge in [0.25, 0.3) is 5.16 Å². The SMILES string of the molecule is O=S(=O)(O)c1ncc[nH]1.[N-]=[N+]=N. The third-order valence-corrected chi connectivity index (χ3v) is 1.43. The van der Waals surface area contributed by atoms with Crippen molar-refractivity contribution in [3.05, 3.63) is 22.8 Å². The first-order valence-corrected chi connectivity index (χ1v) is 3.94.